The van der Waals surface area contributed by atoms with Crippen LogP contribution < -0.4 is 5.32 Å². The van der Waals surface area contributed by atoms with Crippen LogP contribution in [0.4, 0.5) is 11.6 Å². The van der Waals surface area contributed by atoms with Crippen LogP contribution in [-0.2, 0) is 24.3 Å². The minimum atomic E-state index is 0.0293. The van der Waals surface area contributed by atoms with Crippen LogP contribution in [0.3, 0.4) is 0 Å². The fraction of sp³-hybridized carbons (Fsp3) is 0.367. The summed E-state index contributed by atoms with van der Waals surface area (Å²) in [7, 11) is 0. The predicted octanol–water partition coefficient (Wildman–Crippen LogP) is 5.53. The van der Waals surface area contributed by atoms with Crippen molar-refractivity contribution in [1.82, 2.24) is 29.6 Å². The molecule has 0 unspecified atom stereocenters. The topological polar surface area (TPSA) is 88.8 Å². The molecule has 0 saturated carbocycles. The maximum Gasteiger partial charge on any atom is 0.227 e. The molecule has 0 bridgehead atoms. The number of Topliss-reactive ketones (excluding diaryl/α,β-unsaturated/α-hetero) is 1. The van der Waals surface area contributed by atoms with E-state index >= 15 is 0 Å². The molecule has 0 saturated heterocycles. The summed E-state index contributed by atoms with van der Waals surface area (Å²) in [5, 5.41) is 8.13. The highest BCUT2D eigenvalue weighted by Gasteiger charge is 2.22. The summed E-state index contributed by atoms with van der Waals surface area (Å²) < 4.78 is 1.91. The average Bonchev–Trinajstić information content (AvgIpc) is 3.33. The highest BCUT2D eigenvalue weighted by Crippen LogP contribution is 2.31. The molecule has 8 nitrogen and oxygen atoms in total. The van der Waals surface area contributed by atoms with Crippen LogP contribution in [0.25, 0.3) is 22.5 Å². The van der Waals surface area contributed by atoms with Gasteiger partial charge in [-0.1, -0.05) is 26.8 Å². The molecule has 0 radical (unpaired) electrons. The standard InChI is InChI=1S/C30H35N7O/c1-5-37-20-26(28(35-37)22-7-6-12-31-17-22)27-10-13-32-29(34-27)33-24-9-8-23-18-36(14-11-21(23)15-24)19-25(38)16-30(2,3)4/h6-10,12-13,15,17,20H,5,11,14,16,18-19H2,1-4H3,(H,32,33,34). The van der Waals surface area contributed by atoms with Crippen molar-refractivity contribution in [2.45, 2.75) is 53.6 Å². The Balaban J connectivity index is 1.31. The van der Waals surface area contributed by atoms with Crippen LogP contribution in [0.5, 0.6) is 0 Å². The Bertz CT molecular complexity index is 1420. The molecule has 1 aliphatic rings. The van der Waals surface area contributed by atoms with Gasteiger partial charge >= 0.3 is 0 Å². The van der Waals surface area contributed by atoms with E-state index in [1.165, 1.54) is 11.1 Å². The number of benzene rings is 1. The Morgan fingerprint density at radius 2 is 1.97 bits per heavy atom. The summed E-state index contributed by atoms with van der Waals surface area (Å²) in [6, 6.07) is 12.2. The molecular weight excluding hydrogens is 474 g/mol. The molecule has 0 amide bonds. The van der Waals surface area contributed by atoms with Crippen molar-refractivity contribution in [2.24, 2.45) is 5.41 Å². The second-order valence-corrected chi connectivity index (χ2v) is 11.1. The minimum Gasteiger partial charge on any atom is -0.324 e. The number of nitrogens with one attached hydrogen (secondary N) is 1. The van der Waals surface area contributed by atoms with Gasteiger partial charge in [0.15, 0.2) is 0 Å². The summed E-state index contributed by atoms with van der Waals surface area (Å²) in [5.41, 5.74) is 7.10. The molecule has 0 aliphatic carbocycles. The van der Waals surface area contributed by atoms with E-state index in [0.717, 1.165) is 54.3 Å². The van der Waals surface area contributed by atoms with Gasteiger partial charge < -0.3 is 5.32 Å². The first kappa shape index (κ1) is 25.7. The first-order valence-electron chi connectivity index (χ1n) is 13.2. The zero-order chi connectivity index (χ0) is 26.7. The number of hydrogen-bond donors (Lipinski definition) is 1. The molecule has 1 aromatic carbocycles. The van der Waals surface area contributed by atoms with Gasteiger partial charge in [0.25, 0.3) is 0 Å². The average molecular weight is 510 g/mol. The monoisotopic (exact) mass is 509 g/mol. The Morgan fingerprint density at radius 3 is 2.74 bits per heavy atom. The molecule has 5 rings (SSSR count). The number of nitrogens with zero attached hydrogens (tertiary/aromatic N) is 6. The predicted molar refractivity (Wildman–Crippen MR) is 150 cm³/mol. The number of ketones is 1. The number of fused-ring (bicyclic) bond motifs is 1. The third kappa shape index (κ3) is 6.14. The molecule has 1 N–H and O–H groups in total. The quantitative estimate of drug-likeness (QED) is 0.334. The van der Waals surface area contributed by atoms with Gasteiger partial charge in [-0.3, -0.25) is 19.4 Å². The fourth-order valence-electron chi connectivity index (χ4n) is 4.91. The van der Waals surface area contributed by atoms with Crippen LogP contribution in [-0.4, -0.2) is 48.5 Å². The molecule has 0 fully saturated rings. The Hall–Kier alpha value is -3.91. The van der Waals surface area contributed by atoms with Crippen molar-refractivity contribution in [3.05, 3.63) is 72.3 Å². The number of anilines is 2. The summed E-state index contributed by atoms with van der Waals surface area (Å²) in [6.07, 6.45) is 8.90. The molecule has 1 aliphatic heterocycles. The lowest BCUT2D eigenvalue weighted by atomic mass is 9.89. The molecular formula is C30H35N7O. The highest BCUT2D eigenvalue weighted by atomic mass is 16.1. The van der Waals surface area contributed by atoms with Crippen LogP contribution in [0.2, 0.25) is 0 Å². The van der Waals surface area contributed by atoms with Gasteiger partial charge in [0, 0.05) is 67.7 Å². The van der Waals surface area contributed by atoms with Crippen LogP contribution in [0.15, 0.2) is 61.2 Å². The molecule has 4 aromatic rings. The molecule has 3 aromatic heterocycles. The number of aryl methyl sites for hydroxylation is 1. The van der Waals surface area contributed by atoms with Crippen molar-refractivity contribution >= 4 is 17.4 Å². The van der Waals surface area contributed by atoms with Crippen molar-refractivity contribution in [2.75, 3.05) is 18.4 Å². The van der Waals surface area contributed by atoms with E-state index in [-0.39, 0.29) is 5.41 Å². The first-order chi connectivity index (χ1) is 18.3. The zero-order valence-corrected chi connectivity index (χ0v) is 22.6. The fourth-order valence-corrected chi connectivity index (χ4v) is 4.91. The van der Waals surface area contributed by atoms with E-state index in [1.807, 2.05) is 35.3 Å². The number of carbonyl (C=O) groups excluding carboxylic acids is 1. The van der Waals surface area contributed by atoms with E-state index in [9.17, 15) is 4.79 Å². The van der Waals surface area contributed by atoms with Crippen LogP contribution in [0, 0.1) is 5.41 Å². The molecule has 0 atom stereocenters. The molecule has 196 valence electrons. The van der Waals surface area contributed by atoms with Gasteiger partial charge in [0.1, 0.15) is 11.5 Å². The third-order valence-electron chi connectivity index (χ3n) is 6.63. The Labute approximate surface area is 224 Å². The summed E-state index contributed by atoms with van der Waals surface area (Å²) >= 11 is 0. The van der Waals surface area contributed by atoms with Gasteiger partial charge in [0.05, 0.1) is 12.2 Å². The lowest BCUT2D eigenvalue weighted by Gasteiger charge is -2.29. The maximum absolute atomic E-state index is 12.5. The van der Waals surface area contributed by atoms with Gasteiger partial charge in [0.2, 0.25) is 5.95 Å². The normalized spacial score (nSPS) is 13.8. The third-order valence-corrected chi connectivity index (χ3v) is 6.63. The van der Waals surface area contributed by atoms with E-state index < -0.39 is 0 Å². The molecule has 4 heterocycles. The Morgan fingerprint density at radius 1 is 1.11 bits per heavy atom. The molecule has 0 spiro atoms. The van der Waals surface area contributed by atoms with E-state index in [2.05, 4.69) is 66.1 Å². The summed E-state index contributed by atoms with van der Waals surface area (Å²) in [5.74, 6) is 0.849. The largest absolute Gasteiger partial charge is 0.324 e. The van der Waals surface area contributed by atoms with Crippen molar-refractivity contribution in [3.8, 4) is 22.5 Å². The van der Waals surface area contributed by atoms with E-state index in [1.54, 1.807) is 12.4 Å². The second kappa shape index (κ2) is 10.8. The zero-order valence-electron chi connectivity index (χ0n) is 22.6. The Kier molecular flexibility index (Phi) is 7.33. The van der Waals surface area contributed by atoms with Crippen LogP contribution in [0.1, 0.15) is 45.2 Å². The maximum atomic E-state index is 12.5. The smallest absolute Gasteiger partial charge is 0.227 e. The number of hydrogen-bond acceptors (Lipinski definition) is 7. The van der Waals surface area contributed by atoms with Crippen LogP contribution >= 0.6 is 0 Å². The molecule has 38 heavy (non-hydrogen) atoms. The van der Waals surface area contributed by atoms with Crippen molar-refractivity contribution in [1.29, 1.82) is 0 Å². The minimum absolute atomic E-state index is 0.0293. The number of aromatic nitrogens is 5. The molecule has 8 heteroatoms. The summed E-state index contributed by atoms with van der Waals surface area (Å²) in [6.45, 7) is 11.4. The first-order valence-corrected chi connectivity index (χ1v) is 13.2. The van der Waals surface area contributed by atoms with Crippen molar-refractivity contribution in [3.63, 3.8) is 0 Å². The number of pyridine rings is 1. The number of carbonyl (C=O) groups is 1. The highest BCUT2D eigenvalue weighted by molar-refractivity contribution is 5.81. The van der Waals surface area contributed by atoms with Gasteiger partial charge in [-0.2, -0.15) is 5.10 Å². The van der Waals surface area contributed by atoms with E-state index in [0.29, 0.717) is 24.7 Å². The lowest BCUT2D eigenvalue weighted by molar-refractivity contribution is -0.122. The van der Waals surface area contributed by atoms with Gasteiger partial charge in [-0.05, 0) is 60.2 Å². The SMILES string of the molecule is CCn1cc(-c2ccnc(Nc3ccc4c(c3)CCN(CC(=O)CC(C)(C)C)C4)n2)c(-c2cccnc2)n1. The number of rotatable bonds is 8. The van der Waals surface area contributed by atoms with Crippen molar-refractivity contribution < 1.29 is 4.79 Å². The second-order valence-electron chi connectivity index (χ2n) is 11.1. The van der Waals surface area contributed by atoms with Gasteiger partial charge in [-0.15, -0.1) is 0 Å². The lowest BCUT2D eigenvalue weighted by Crippen LogP contribution is -2.35. The van der Waals surface area contributed by atoms with Gasteiger partial charge in [-0.25, -0.2) is 9.97 Å². The summed E-state index contributed by atoms with van der Waals surface area (Å²) in [4.78, 5) is 28.3. The van der Waals surface area contributed by atoms with E-state index in [4.69, 9.17) is 10.1 Å².